The summed E-state index contributed by atoms with van der Waals surface area (Å²) in [5.41, 5.74) is 6.58. The first-order valence-corrected chi connectivity index (χ1v) is 3.40. The summed E-state index contributed by atoms with van der Waals surface area (Å²) in [6.07, 6.45) is 0.735. The van der Waals surface area contributed by atoms with Gasteiger partial charge in [0.05, 0.1) is 2.74 Å². The van der Waals surface area contributed by atoms with Gasteiger partial charge in [-0.15, -0.1) is 0 Å². The molecule has 0 bridgehead atoms. The zero-order chi connectivity index (χ0) is 9.14. The molecule has 0 saturated heterocycles. The van der Waals surface area contributed by atoms with Crippen LogP contribution in [0.4, 0.5) is 0 Å². The molecule has 0 radical (unpaired) electrons. The summed E-state index contributed by atoms with van der Waals surface area (Å²) < 4.78 is 14.7. The first-order valence-electron chi connectivity index (χ1n) is 4.40. The van der Waals surface area contributed by atoms with E-state index in [-0.39, 0.29) is 6.04 Å². The molecule has 0 saturated carbocycles. The fourth-order valence-electron chi connectivity index (χ4n) is 0.877. The molecule has 0 spiro atoms. The molecule has 1 heteroatoms. The van der Waals surface area contributed by atoms with Gasteiger partial charge in [0, 0.05) is 6.04 Å². The van der Waals surface area contributed by atoms with E-state index in [1.807, 2.05) is 6.92 Å². The topological polar surface area (TPSA) is 26.0 Å². The van der Waals surface area contributed by atoms with Crippen molar-refractivity contribution in [2.24, 2.45) is 5.73 Å². The van der Waals surface area contributed by atoms with E-state index in [4.69, 9.17) is 8.48 Å². The van der Waals surface area contributed by atoms with Crippen LogP contribution in [0.15, 0.2) is 30.3 Å². The second kappa shape index (κ2) is 3.37. The van der Waals surface area contributed by atoms with Crippen LogP contribution in [0.1, 0.15) is 15.2 Å². The largest absolute Gasteiger partial charge is 0.328 e. The Morgan fingerprint density at radius 3 is 2.70 bits per heavy atom. The number of nitrogens with two attached hydrogens (primary N) is 1. The molecule has 0 fully saturated rings. The highest BCUT2D eigenvalue weighted by Gasteiger charge is 1.94. The first-order chi connectivity index (χ1) is 5.58. The second-order valence-corrected chi connectivity index (χ2v) is 2.52. The van der Waals surface area contributed by atoms with Gasteiger partial charge in [-0.05, 0) is 18.9 Å². The maximum absolute atomic E-state index is 7.36. The van der Waals surface area contributed by atoms with Crippen molar-refractivity contribution < 1.29 is 2.74 Å². The van der Waals surface area contributed by atoms with E-state index in [9.17, 15) is 0 Å². The lowest BCUT2D eigenvalue weighted by Crippen LogP contribution is -2.17. The van der Waals surface area contributed by atoms with Crippen LogP contribution in [0.2, 0.25) is 0 Å². The normalized spacial score (nSPS) is 15.8. The number of hydrogen-bond donors (Lipinski definition) is 1. The van der Waals surface area contributed by atoms with Gasteiger partial charge in [-0.3, -0.25) is 0 Å². The first kappa shape index (κ1) is 4.91. The fourth-order valence-corrected chi connectivity index (χ4v) is 0.877. The number of rotatable bonds is 2. The summed E-state index contributed by atoms with van der Waals surface area (Å²) in [5.74, 6) is 0. The summed E-state index contributed by atoms with van der Waals surface area (Å²) in [7, 11) is 0. The minimum Gasteiger partial charge on any atom is -0.328 e. The van der Waals surface area contributed by atoms with Gasteiger partial charge in [0.15, 0.2) is 0 Å². The smallest absolute Gasteiger partial charge is 0.0623 e. The third kappa shape index (κ3) is 2.19. The van der Waals surface area contributed by atoms with Gasteiger partial charge < -0.3 is 5.73 Å². The average molecular weight is 139 g/mol. The van der Waals surface area contributed by atoms with Crippen LogP contribution in [0, 0.1) is 0 Å². The molecule has 0 aromatic heterocycles. The Balaban J connectivity index is 2.85. The molecule has 0 aliphatic carbocycles. The van der Waals surface area contributed by atoms with E-state index in [1.54, 1.807) is 12.1 Å². The van der Waals surface area contributed by atoms with Crippen molar-refractivity contribution >= 4 is 0 Å². The van der Waals surface area contributed by atoms with Crippen LogP contribution in [-0.4, -0.2) is 6.04 Å². The molecule has 2 N–H and O–H groups in total. The van der Waals surface area contributed by atoms with Crippen molar-refractivity contribution in [3.8, 4) is 0 Å². The molecular weight excluding hydrogens is 122 g/mol. The van der Waals surface area contributed by atoms with Crippen LogP contribution in [0.25, 0.3) is 0 Å². The molecule has 1 atom stereocenters. The van der Waals surface area contributed by atoms with Gasteiger partial charge in [-0.1, -0.05) is 30.3 Å². The van der Waals surface area contributed by atoms with Crippen LogP contribution in [-0.2, 0) is 6.42 Å². The van der Waals surface area contributed by atoms with Crippen LogP contribution >= 0.6 is 0 Å². The Kier molecular flexibility index (Phi) is 1.66. The highest BCUT2D eigenvalue weighted by atomic mass is 14.6. The third-order valence-electron chi connectivity index (χ3n) is 1.26. The average Bonchev–Trinajstić information content (AvgIpc) is 1.81. The predicted octanol–water partition coefficient (Wildman–Crippen LogP) is 1.58. The summed E-state index contributed by atoms with van der Waals surface area (Å²) in [5, 5.41) is 0. The molecule has 1 rings (SSSR count). The van der Waals surface area contributed by atoms with Crippen molar-refractivity contribution in [3.05, 3.63) is 35.8 Å². The molecule has 54 valence electrons. The second-order valence-electron chi connectivity index (χ2n) is 2.52. The van der Waals surface area contributed by atoms with Crippen molar-refractivity contribution in [2.45, 2.75) is 19.4 Å². The van der Waals surface area contributed by atoms with Crippen LogP contribution in [0.5, 0.6) is 0 Å². The maximum atomic E-state index is 7.36. The quantitative estimate of drug-likeness (QED) is 0.661. The highest BCUT2D eigenvalue weighted by Crippen LogP contribution is 2.00. The van der Waals surface area contributed by atoms with Crippen molar-refractivity contribution in [3.63, 3.8) is 0 Å². The zero-order valence-electron chi connectivity index (χ0n) is 8.09. The van der Waals surface area contributed by atoms with Crippen molar-refractivity contribution in [2.75, 3.05) is 0 Å². The summed E-state index contributed by atoms with van der Waals surface area (Å²) in [6.45, 7) is 1.92. The van der Waals surface area contributed by atoms with E-state index in [1.165, 1.54) is 6.07 Å². The Bertz CT molecular complexity index is 251. The Hall–Kier alpha value is -0.820. The van der Waals surface area contributed by atoms with E-state index in [2.05, 4.69) is 0 Å². The SMILES string of the molecule is [3H]c1cc([3H])cc(C[C@H](C)N)c1. The van der Waals surface area contributed by atoms with Gasteiger partial charge in [0.1, 0.15) is 0 Å². The minimum atomic E-state index is 0.0891. The molecule has 1 aromatic carbocycles. The molecule has 1 nitrogen and oxygen atoms in total. The Morgan fingerprint density at radius 2 is 2.20 bits per heavy atom. The third-order valence-corrected chi connectivity index (χ3v) is 1.26. The Labute approximate surface area is 64.7 Å². The van der Waals surface area contributed by atoms with Crippen molar-refractivity contribution in [1.29, 1.82) is 0 Å². The summed E-state index contributed by atoms with van der Waals surface area (Å²) in [6, 6.07) is 5.88. The van der Waals surface area contributed by atoms with Gasteiger partial charge in [0.25, 0.3) is 0 Å². The number of hydrogen-bond acceptors (Lipinski definition) is 1. The molecular formula is C9H13N. The monoisotopic (exact) mass is 139 g/mol. The summed E-state index contributed by atoms with van der Waals surface area (Å²) >= 11 is 0. The molecule has 0 heterocycles. The Morgan fingerprint density at radius 1 is 1.60 bits per heavy atom. The molecule has 0 unspecified atom stereocenters. The van der Waals surface area contributed by atoms with E-state index < -0.39 is 0 Å². The lowest BCUT2D eigenvalue weighted by Gasteiger charge is -2.02. The van der Waals surface area contributed by atoms with Gasteiger partial charge in [-0.25, -0.2) is 0 Å². The number of benzene rings is 1. The van der Waals surface area contributed by atoms with E-state index in [0.29, 0.717) is 12.1 Å². The zero-order valence-corrected chi connectivity index (χ0v) is 6.09. The molecule has 1 aromatic rings. The van der Waals surface area contributed by atoms with Crippen LogP contribution < -0.4 is 5.73 Å². The maximum Gasteiger partial charge on any atom is 0.0623 e. The molecule has 0 aliphatic heterocycles. The molecule has 0 aliphatic rings. The lowest BCUT2D eigenvalue weighted by atomic mass is 10.1. The molecule has 0 amide bonds. The standard InChI is InChI=1S/C9H13N/c1-8(10)7-9-5-3-2-4-6-9/h2-6,8H,7,10H2,1H3/t8-/m0/s1/i3T,4T. The fraction of sp³-hybridized carbons (Fsp3) is 0.333. The van der Waals surface area contributed by atoms with Crippen LogP contribution in [0.3, 0.4) is 0 Å². The van der Waals surface area contributed by atoms with Crippen molar-refractivity contribution in [1.82, 2.24) is 0 Å². The van der Waals surface area contributed by atoms with E-state index >= 15 is 0 Å². The van der Waals surface area contributed by atoms with Gasteiger partial charge in [0.2, 0.25) is 0 Å². The summed E-state index contributed by atoms with van der Waals surface area (Å²) in [4.78, 5) is 0. The predicted molar refractivity (Wildman–Crippen MR) is 43.8 cm³/mol. The molecule has 10 heavy (non-hydrogen) atoms. The van der Waals surface area contributed by atoms with Gasteiger partial charge >= 0.3 is 0 Å². The van der Waals surface area contributed by atoms with E-state index in [0.717, 1.165) is 12.0 Å². The highest BCUT2D eigenvalue weighted by molar-refractivity contribution is 5.15. The van der Waals surface area contributed by atoms with Gasteiger partial charge in [-0.2, -0.15) is 0 Å². The minimum absolute atomic E-state index is 0.0891. The lowest BCUT2D eigenvalue weighted by molar-refractivity contribution is 0.738.